The normalized spacial score (nSPS) is 11.3. The molecule has 29 heavy (non-hydrogen) atoms. The van der Waals surface area contributed by atoms with Crippen LogP contribution in [0.25, 0.3) is 0 Å². The van der Waals surface area contributed by atoms with E-state index < -0.39 is 5.91 Å². The van der Waals surface area contributed by atoms with Gasteiger partial charge in [0, 0.05) is 12.1 Å². The number of aliphatic imine (C=N–C) groups is 1. The highest BCUT2D eigenvalue weighted by atomic mass is 16.5. The lowest BCUT2D eigenvalue weighted by Gasteiger charge is -2.13. The summed E-state index contributed by atoms with van der Waals surface area (Å²) in [7, 11) is 0. The van der Waals surface area contributed by atoms with Gasteiger partial charge in [0.2, 0.25) is 0 Å². The zero-order valence-electron chi connectivity index (χ0n) is 17.6. The van der Waals surface area contributed by atoms with Crippen molar-refractivity contribution in [3.63, 3.8) is 0 Å². The summed E-state index contributed by atoms with van der Waals surface area (Å²) in [6, 6.07) is 9.48. The maximum absolute atomic E-state index is 11.1. The van der Waals surface area contributed by atoms with Crippen molar-refractivity contribution in [2.75, 3.05) is 13.2 Å². The van der Waals surface area contributed by atoms with Gasteiger partial charge in [-0.25, -0.2) is 4.99 Å². The number of furan rings is 1. The lowest BCUT2D eigenvalue weighted by Crippen LogP contribution is -2.36. The van der Waals surface area contributed by atoms with E-state index in [1.807, 2.05) is 6.92 Å². The van der Waals surface area contributed by atoms with Gasteiger partial charge in [-0.2, -0.15) is 0 Å². The Morgan fingerprint density at radius 1 is 1.17 bits per heavy atom. The van der Waals surface area contributed by atoms with Gasteiger partial charge < -0.3 is 25.5 Å². The van der Waals surface area contributed by atoms with Crippen molar-refractivity contribution in [2.24, 2.45) is 10.7 Å². The Morgan fingerprint density at radius 2 is 2.00 bits per heavy atom. The summed E-state index contributed by atoms with van der Waals surface area (Å²) in [6.07, 6.45) is 3.38. The van der Waals surface area contributed by atoms with Gasteiger partial charge in [-0.1, -0.05) is 31.9 Å². The molecule has 0 spiro atoms. The fourth-order valence-electron chi connectivity index (χ4n) is 2.74. The first-order valence-electron chi connectivity index (χ1n) is 10.2. The molecule has 7 nitrogen and oxygen atoms in total. The van der Waals surface area contributed by atoms with Gasteiger partial charge in [0.15, 0.2) is 11.7 Å². The van der Waals surface area contributed by atoms with Crippen LogP contribution in [0.5, 0.6) is 5.75 Å². The summed E-state index contributed by atoms with van der Waals surface area (Å²) in [5.41, 5.74) is 7.42. The quantitative estimate of drug-likeness (QED) is 0.304. The van der Waals surface area contributed by atoms with Gasteiger partial charge in [0.25, 0.3) is 5.91 Å². The van der Waals surface area contributed by atoms with Crippen LogP contribution >= 0.6 is 0 Å². The Labute approximate surface area is 172 Å². The molecule has 1 aromatic carbocycles. The molecule has 0 aliphatic carbocycles. The van der Waals surface area contributed by atoms with Crippen LogP contribution in [0.2, 0.25) is 0 Å². The molecule has 2 rings (SSSR count). The second-order valence-corrected chi connectivity index (χ2v) is 6.85. The number of hydrogen-bond acceptors (Lipinski definition) is 4. The molecule has 0 radical (unpaired) electrons. The number of primary amides is 1. The molecular weight excluding hydrogens is 368 g/mol. The lowest BCUT2D eigenvalue weighted by atomic mass is 10.1. The molecule has 158 valence electrons. The van der Waals surface area contributed by atoms with Crippen LogP contribution < -0.4 is 21.1 Å². The molecule has 0 fully saturated rings. The van der Waals surface area contributed by atoms with Crippen molar-refractivity contribution in [1.82, 2.24) is 10.6 Å². The molecule has 0 aliphatic rings. The van der Waals surface area contributed by atoms with Crippen LogP contribution in [0.1, 0.15) is 60.6 Å². The predicted molar refractivity (Wildman–Crippen MR) is 115 cm³/mol. The number of hydrogen-bond donors (Lipinski definition) is 3. The van der Waals surface area contributed by atoms with E-state index >= 15 is 0 Å². The number of guanidine groups is 1. The molecule has 1 aromatic heterocycles. The van der Waals surface area contributed by atoms with Gasteiger partial charge in [-0.3, -0.25) is 4.79 Å². The first-order valence-corrected chi connectivity index (χ1v) is 10.2. The summed E-state index contributed by atoms with van der Waals surface area (Å²) in [5.74, 6) is 1.72. The van der Waals surface area contributed by atoms with Crippen LogP contribution in [0.3, 0.4) is 0 Å². The molecule has 4 N–H and O–H groups in total. The SMILES string of the molecule is CCCCCOc1cc(C)ccc1CN=C(NCC)NCc1ccc(C(N)=O)o1. The first-order chi connectivity index (χ1) is 14.0. The topological polar surface area (TPSA) is 102 Å². The highest BCUT2D eigenvalue weighted by Gasteiger charge is 2.08. The smallest absolute Gasteiger partial charge is 0.284 e. The minimum atomic E-state index is -0.581. The van der Waals surface area contributed by atoms with E-state index in [4.69, 9.17) is 14.9 Å². The van der Waals surface area contributed by atoms with E-state index in [0.29, 0.717) is 31.4 Å². The third-order valence-corrected chi connectivity index (χ3v) is 4.31. The third-order valence-electron chi connectivity index (χ3n) is 4.31. The number of nitrogens with zero attached hydrogens (tertiary/aromatic N) is 1. The number of carbonyl (C=O) groups is 1. The second-order valence-electron chi connectivity index (χ2n) is 6.85. The minimum Gasteiger partial charge on any atom is -0.493 e. The second kappa shape index (κ2) is 11.8. The average molecular weight is 401 g/mol. The average Bonchev–Trinajstić information content (AvgIpc) is 3.18. The van der Waals surface area contributed by atoms with Crippen molar-refractivity contribution in [3.8, 4) is 5.75 Å². The van der Waals surface area contributed by atoms with Crippen molar-refractivity contribution >= 4 is 11.9 Å². The molecule has 0 atom stereocenters. The maximum atomic E-state index is 11.1. The number of ether oxygens (including phenoxy) is 1. The molecule has 1 heterocycles. The Kier molecular flexibility index (Phi) is 9.08. The summed E-state index contributed by atoms with van der Waals surface area (Å²) >= 11 is 0. The van der Waals surface area contributed by atoms with Crippen molar-refractivity contribution in [1.29, 1.82) is 0 Å². The zero-order chi connectivity index (χ0) is 21.1. The Balaban J connectivity index is 2.01. The van der Waals surface area contributed by atoms with Crippen LogP contribution in [0, 0.1) is 6.92 Å². The molecule has 7 heteroatoms. The molecule has 0 bridgehead atoms. The van der Waals surface area contributed by atoms with Crippen LogP contribution in [-0.4, -0.2) is 25.0 Å². The molecular formula is C22H32N4O3. The zero-order valence-corrected chi connectivity index (χ0v) is 17.6. The van der Waals surface area contributed by atoms with Crippen molar-refractivity contribution in [2.45, 2.75) is 53.1 Å². The third kappa shape index (κ3) is 7.52. The number of benzene rings is 1. The van der Waals surface area contributed by atoms with E-state index in [2.05, 4.69) is 47.7 Å². The standard InChI is InChI=1S/C22H32N4O3/c1-4-6-7-12-28-20-13-16(3)8-9-17(20)14-25-22(24-5-2)26-15-18-10-11-19(29-18)21(23)27/h8-11,13H,4-7,12,14-15H2,1-3H3,(H2,23,27)(H2,24,25,26). The molecule has 1 amide bonds. The van der Waals surface area contributed by atoms with E-state index in [1.54, 1.807) is 12.1 Å². The number of amides is 1. The summed E-state index contributed by atoms with van der Waals surface area (Å²) < 4.78 is 11.4. The van der Waals surface area contributed by atoms with Crippen LogP contribution in [0.4, 0.5) is 0 Å². The number of rotatable bonds is 11. The van der Waals surface area contributed by atoms with Gasteiger partial charge in [0.1, 0.15) is 11.5 Å². The predicted octanol–water partition coefficient (Wildman–Crippen LogP) is 3.51. The summed E-state index contributed by atoms with van der Waals surface area (Å²) in [5, 5.41) is 6.41. The molecule has 0 saturated carbocycles. The lowest BCUT2D eigenvalue weighted by molar-refractivity contribution is 0.0972. The number of nitrogens with two attached hydrogens (primary N) is 1. The van der Waals surface area contributed by atoms with Crippen LogP contribution in [0.15, 0.2) is 39.7 Å². The van der Waals surface area contributed by atoms with Gasteiger partial charge in [-0.05, 0) is 44.0 Å². The highest BCUT2D eigenvalue weighted by Crippen LogP contribution is 2.21. The number of unbranched alkanes of at least 4 members (excludes halogenated alkanes) is 2. The van der Waals surface area contributed by atoms with E-state index in [-0.39, 0.29) is 5.76 Å². The molecule has 0 unspecified atom stereocenters. The van der Waals surface area contributed by atoms with Gasteiger partial charge >= 0.3 is 0 Å². The van der Waals surface area contributed by atoms with Crippen molar-refractivity contribution < 1.29 is 13.9 Å². The van der Waals surface area contributed by atoms with E-state index in [0.717, 1.165) is 36.3 Å². The van der Waals surface area contributed by atoms with E-state index in [9.17, 15) is 4.79 Å². The molecule has 0 aliphatic heterocycles. The molecule has 2 aromatic rings. The molecule has 0 saturated heterocycles. The maximum Gasteiger partial charge on any atom is 0.284 e. The summed E-state index contributed by atoms with van der Waals surface area (Å²) in [6.45, 7) is 8.57. The van der Waals surface area contributed by atoms with Crippen LogP contribution in [-0.2, 0) is 13.1 Å². The minimum absolute atomic E-state index is 0.147. The number of carbonyl (C=O) groups excluding carboxylic acids is 1. The first kappa shape index (κ1) is 22.3. The van der Waals surface area contributed by atoms with Crippen molar-refractivity contribution in [3.05, 3.63) is 53.0 Å². The monoisotopic (exact) mass is 400 g/mol. The van der Waals surface area contributed by atoms with Gasteiger partial charge in [0.05, 0.1) is 19.7 Å². The largest absolute Gasteiger partial charge is 0.493 e. The summed E-state index contributed by atoms with van der Waals surface area (Å²) in [4.78, 5) is 15.8. The van der Waals surface area contributed by atoms with Gasteiger partial charge in [-0.15, -0.1) is 0 Å². The fourth-order valence-corrected chi connectivity index (χ4v) is 2.74. The Morgan fingerprint density at radius 3 is 2.69 bits per heavy atom. The fraction of sp³-hybridized carbons (Fsp3) is 0.455. The Hall–Kier alpha value is -2.96. The highest BCUT2D eigenvalue weighted by molar-refractivity contribution is 5.89. The number of nitrogens with one attached hydrogen (secondary N) is 2. The Bertz CT molecular complexity index is 814. The number of aryl methyl sites for hydroxylation is 1. The van der Waals surface area contributed by atoms with E-state index in [1.165, 1.54) is 6.42 Å².